The van der Waals surface area contributed by atoms with Crippen LogP contribution < -0.4 is 10.1 Å². The third-order valence-electron chi connectivity index (χ3n) is 6.15. The Morgan fingerprint density at radius 1 is 1.00 bits per heavy atom. The van der Waals surface area contributed by atoms with E-state index in [9.17, 15) is 0 Å². The molecule has 3 aliphatic rings. The summed E-state index contributed by atoms with van der Waals surface area (Å²) in [6.45, 7) is 4.50. The molecule has 126 valence electrons. The smallest absolute Gasteiger partial charge is 0.122 e. The first kappa shape index (κ1) is 15.5. The van der Waals surface area contributed by atoms with E-state index in [0.717, 1.165) is 24.4 Å². The van der Waals surface area contributed by atoms with Crippen molar-refractivity contribution in [2.24, 2.45) is 0 Å². The molecule has 3 heteroatoms. The SMILES string of the molecule is Cc1ccccc1O[C@@H]1CCCC[C@@H]1N1CCN[C@H]2CCC[C@@H]21. The first-order valence-electron chi connectivity index (χ1n) is 9.54. The van der Waals surface area contributed by atoms with Crippen molar-refractivity contribution in [3.8, 4) is 5.75 Å². The summed E-state index contributed by atoms with van der Waals surface area (Å²) in [6.07, 6.45) is 9.66. The van der Waals surface area contributed by atoms with Crippen molar-refractivity contribution in [2.45, 2.75) is 76.1 Å². The van der Waals surface area contributed by atoms with Crippen LogP contribution in [-0.4, -0.2) is 42.2 Å². The van der Waals surface area contributed by atoms with Gasteiger partial charge in [-0.25, -0.2) is 0 Å². The van der Waals surface area contributed by atoms with Gasteiger partial charge in [0.05, 0.1) is 0 Å². The lowest BCUT2D eigenvalue weighted by molar-refractivity contribution is -0.00517. The monoisotopic (exact) mass is 314 g/mol. The van der Waals surface area contributed by atoms with Crippen molar-refractivity contribution in [1.82, 2.24) is 10.2 Å². The number of ether oxygens (including phenoxy) is 1. The van der Waals surface area contributed by atoms with Crippen LogP contribution >= 0.6 is 0 Å². The van der Waals surface area contributed by atoms with E-state index in [1.54, 1.807) is 0 Å². The van der Waals surface area contributed by atoms with Crippen LogP contribution in [0.25, 0.3) is 0 Å². The lowest BCUT2D eigenvalue weighted by Gasteiger charge is -2.47. The topological polar surface area (TPSA) is 24.5 Å². The quantitative estimate of drug-likeness (QED) is 0.924. The molecule has 3 nitrogen and oxygen atoms in total. The lowest BCUT2D eigenvalue weighted by Crippen LogP contribution is -2.62. The number of aryl methyl sites for hydroxylation is 1. The molecule has 1 aromatic carbocycles. The molecular weight excluding hydrogens is 284 g/mol. The van der Waals surface area contributed by atoms with Crippen molar-refractivity contribution in [3.05, 3.63) is 29.8 Å². The Morgan fingerprint density at radius 2 is 1.83 bits per heavy atom. The average molecular weight is 314 g/mol. The van der Waals surface area contributed by atoms with E-state index in [1.807, 2.05) is 0 Å². The molecule has 0 radical (unpaired) electrons. The molecule has 1 saturated heterocycles. The van der Waals surface area contributed by atoms with Gasteiger partial charge in [-0.2, -0.15) is 0 Å². The van der Waals surface area contributed by atoms with Crippen molar-refractivity contribution in [2.75, 3.05) is 13.1 Å². The van der Waals surface area contributed by atoms with Gasteiger partial charge in [0.2, 0.25) is 0 Å². The maximum atomic E-state index is 6.54. The van der Waals surface area contributed by atoms with Crippen LogP contribution in [0, 0.1) is 6.92 Å². The number of fused-ring (bicyclic) bond motifs is 1. The number of nitrogens with one attached hydrogen (secondary N) is 1. The number of nitrogens with zero attached hydrogens (tertiary/aromatic N) is 1. The van der Waals surface area contributed by atoms with E-state index in [4.69, 9.17) is 4.74 Å². The highest BCUT2D eigenvalue weighted by atomic mass is 16.5. The van der Waals surface area contributed by atoms with Gasteiger partial charge in [0, 0.05) is 31.2 Å². The number of hydrogen-bond donors (Lipinski definition) is 1. The number of hydrogen-bond acceptors (Lipinski definition) is 3. The van der Waals surface area contributed by atoms with E-state index < -0.39 is 0 Å². The molecule has 0 aromatic heterocycles. The van der Waals surface area contributed by atoms with Gasteiger partial charge in [-0.3, -0.25) is 4.90 Å². The van der Waals surface area contributed by atoms with Crippen LogP contribution in [-0.2, 0) is 0 Å². The second-order valence-electron chi connectivity index (χ2n) is 7.57. The zero-order valence-corrected chi connectivity index (χ0v) is 14.3. The van der Waals surface area contributed by atoms with E-state index in [0.29, 0.717) is 12.1 Å². The molecule has 0 amide bonds. The maximum absolute atomic E-state index is 6.54. The molecule has 23 heavy (non-hydrogen) atoms. The zero-order chi connectivity index (χ0) is 15.6. The first-order valence-corrected chi connectivity index (χ1v) is 9.54. The Morgan fingerprint density at radius 3 is 2.74 bits per heavy atom. The molecule has 1 aromatic rings. The highest BCUT2D eigenvalue weighted by Crippen LogP contribution is 2.34. The van der Waals surface area contributed by atoms with Gasteiger partial charge in [-0.1, -0.05) is 31.0 Å². The fourth-order valence-electron chi connectivity index (χ4n) is 4.98. The second-order valence-corrected chi connectivity index (χ2v) is 7.57. The predicted octanol–water partition coefficient (Wildman–Crippen LogP) is 3.51. The van der Waals surface area contributed by atoms with E-state index in [-0.39, 0.29) is 0 Å². The summed E-state index contributed by atoms with van der Waals surface area (Å²) in [4.78, 5) is 2.82. The Kier molecular flexibility index (Phi) is 4.59. The van der Waals surface area contributed by atoms with Crippen LogP contribution in [0.4, 0.5) is 0 Å². The molecule has 4 rings (SSSR count). The Labute approximate surface area is 140 Å². The molecule has 1 N–H and O–H groups in total. The first-order chi connectivity index (χ1) is 11.3. The zero-order valence-electron chi connectivity index (χ0n) is 14.3. The van der Waals surface area contributed by atoms with Crippen LogP contribution in [0.2, 0.25) is 0 Å². The van der Waals surface area contributed by atoms with Gasteiger partial charge in [-0.15, -0.1) is 0 Å². The van der Waals surface area contributed by atoms with E-state index in [2.05, 4.69) is 41.4 Å². The van der Waals surface area contributed by atoms with Gasteiger partial charge in [-0.05, 0) is 50.7 Å². The van der Waals surface area contributed by atoms with Crippen LogP contribution in [0.5, 0.6) is 5.75 Å². The Hall–Kier alpha value is -1.06. The fraction of sp³-hybridized carbons (Fsp3) is 0.700. The molecule has 2 saturated carbocycles. The minimum atomic E-state index is 0.365. The van der Waals surface area contributed by atoms with Crippen molar-refractivity contribution < 1.29 is 4.74 Å². The predicted molar refractivity (Wildman–Crippen MR) is 94.0 cm³/mol. The maximum Gasteiger partial charge on any atom is 0.122 e. The highest BCUT2D eigenvalue weighted by Gasteiger charge is 2.41. The molecule has 0 spiro atoms. The standard InChI is InChI=1S/C20H30N2O/c1-15-7-2-4-11-19(15)23-20-12-5-3-9-18(20)22-14-13-21-16-8-6-10-17(16)22/h2,4,7,11,16-18,20-21H,3,5-6,8-10,12-14H2,1H3/t16-,17-,18-,20+/m0/s1. The fourth-order valence-corrected chi connectivity index (χ4v) is 4.98. The van der Waals surface area contributed by atoms with E-state index >= 15 is 0 Å². The summed E-state index contributed by atoms with van der Waals surface area (Å²) in [5, 5.41) is 3.74. The molecule has 0 unspecified atom stereocenters. The number of benzene rings is 1. The molecule has 1 aliphatic heterocycles. The lowest BCUT2D eigenvalue weighted by atomic mass is 9.88. The van der Waals surface area contributed by atoms with Gasteiger partial charge in [0.25, 0.3) is 0 Å². The molecular formula is C20H30N2O. The summed E-state index contributed by atoms with van der Waals surface area (Å²) in [6, 6.07) is 10.6. The van der Waals surface area contributed by atoms with Crippen molar-refractivity contribution in [1.29, 1.82) is 0 Å². The molecule has 2 aliphatic carbocycles. The molecule has 1 heterocycles. The van der Waals surface area contributed by atoms with E-state index in [1.165, 1.54) is 57.1 Å². The van der Waals surface area contributed by atoms with Crippen LogP contribution in [0.3, 0.4) is 0 Å². The normalized spacial score (nSPS) is 35.0. The third kappa shape index (κ3) is 3.14. The van der Waals surface area contributed by atoms with Crippen molar-refractivity contribution in [3.63, 3.8) is 0 Å². The largest absolute Gasteiger partial charge is 0.489 e. The number of piperazine rings is 1. The van der Waals surface area contributed by atoms with Gasteiger partial charge in [0.1, 0.15) is 11.9 Å². The van der Waals surface area contributed by atoms with Crippen LogP contribution in [0.1, 0.15) is 50.5 Å². The Balaban J connectivity index is 1.52. The third-order valence-corrected chi connectivity index (χ3v) is 6.15. The van der Waals surface area contributed by atoms with Crippen molar-refractivity contribution >= 4 is 0 Å². The summed E-state index contributed by atoms with van der Waals surface area (Å²) < 4.78 is 6.54. The molecule has 4 atom stereocenters. The molecule has 3 fully saturated rings. The summed E-state index contributed by atoms with van der Waals surface area (Å²) in [5.74, 6) is 1.09. The van der Waals surface area contributed by atoms with Gasteiger partial charge >= 0.3 is 0 Å². The average Bonchev–Trinajstić information content (AvgIpc) is 3.06. The summed E-state index contributed by atoms with van der Waals surface area (Å²) in [5.41, 5.74) is 1.26. The summed E-state index contributed by atoms with van der Waals surface area (Å²) >= 11 is 0. The van der Waals surface area contributed by atoms with Gasteiger partial charge in [0.15, 0.2) is 0 Å². The highest BCUT2D eigenvalue weighted by molar-refractivity contribution is 5.32. The summed E-state index contributed by atoms with van der Waals surface area (Å²) in [7, 11) is 0. The second kappa shape index (κ2) is 6.82. The van der Waals surface area contributed by atoms with Crippen LogP contribution in [0.15, 0.2) is 24.3 Å². The number of para-hydroxylation sites is 1. The van der Waals surface area contributed by atoms with Gasteiger partial charge < -0.3 is 10.1 Å². The minimum absolute atomic E-state index is 0.365. The Bertz CT molecular complexity index is 532. The number of rotatable bonds is 3. The molecule has 0 bridgehead atoms. The minimum Gasteiger partial charge on any atom is -0.489 e.